The predicted molar refractivity (Wildman–Crippen MR) is 86.6 cm³/mol. The van der Waals surface area contributed by atoms with E-state index >= 15 is 0 Å². The molecular formula is C15H14ClN5O2. The molecule has 0 saturated heterocycles. The lowest BCUT2D eigenvalue weighted by Gasteiger charge is -2.15. The molecule has 0 aliphatic heterocycles. The van der Waals surface area contributed by atoms with Crippen molar-refractivity contribution in [2.45, 2.75) is 6.42 Å². The first-order valence-corrected chi connectivity index (χ1v) is 7.35. The highest BCUT2D eigenvalue weighted by Gasteiger charge is 2.14. The van der Waals surface area contributed by atoms with Gasteiger partial charge >= 0.3 is 0 Å². The predicted octanol–water partition coefficient (Wildman–Crippen LogP) is 1.61. The van der Waals surface area contributed by atoms with E-state index in [4.69, 9.17) is 11.6 Å². The summed E-state index contributed by atoms with van der Waals surface area (Å²) in [5, 5.41) is 0.643. The first kappa shape index (κ1) is 15.2. The number of likely N-dealkylation sites (N-methyl/N-ethyl adjacent to an activating group) is 1. The van der Waals surface area contributed by atoms with Gasteiger partial charge in [-0.15, -0.1) is 0 Å². The molecule has 3 aromatic rings. The van der Waals surface area contributed by atoms with Crippen LogP contribution in [-0.4, -0.2) is 44.3 Å². The summed E-state index contributed by atoms with van der Waals surface area (Å²) < 4.78 is 0. The third-order valence-corrected chi connectivity index (χ3v) is 3.65. The summed E-state index contributed by atoms with van der Waals surface area (Å²) in [6.07, 6.45) is 2.96. The van der Waals surface area contributed by atoms with Crippen molar-refractivity contribution in [3.05, 3.63) is 57.5 Å². The summed E-state index contributed by atoms with van der Waals surface area (Å²) in [5.41, 5.74) is 1.55. The highest BCUT2D eigenvalue weighted by Crippen LogP contribution is 2.17. The minimum atomic E-state index is -0.342. The number of hydrogen-bond acceptors (Lipinski definition) is 4. The van der Waals surface area contributed by atoms with Crippen LogP contribution in [-0.2, 0) is 6.42 Å². The molecule has 0 atom stereocenters. The molecule has 0 radical (unpaired) electrons. The molecule has 0 aliphatic rings. The standard InChI is InChI=1S/C15H14ClN5O2/c1-21(15(23)12-7-18-14(22)8-17-12)5-4-13-19-10-3-2-9(16)6-11(10)20-13/h2-3,6-8H,4-5H2,1H3,(H,18,22)(H,19,20). The average Bonchev–Trinajstić information content (AvgIpc) is 2.94. The SMILES string of the molecule is CN(CCc1nc2ccc(Cl)cc2[nH]1)C(=O)c1c[nH]c(=O)cn1. The van der Waals surface area contributed by atoms with Crippen molar-refractivity contribution < 1.29 is 4.79 Å². The molecule has 8 heteroatoms. The topological polar surface area (TPSA) is 94.7 Å². The molecule has 0 fully saturated rings. The number of aromatic amines is 2. The fourth-order valence-electron chi connectivity index (χ4n) is 2.18. The Labute approximate surface area is 136 Å². The lowest BCUT2D eigenvalue weighted by atomic mass is 10.3. The van der Waals surface area contributed by atoms with Crippen LogP contribution >= 0.6 is 11.6 Å². The Morgan fingerprint density at radius 2 is 2.22 bits per heavy atom. The summed E-state index contributed by atoms with van der Waals surface area (Å²) >= 11 is 5.94. The van der Waals surface area contributed by atoms with Crippen LogP contribution in [0.25, 0.3) is 11.0 Å². The second-order valence-corrected chi connectivity index (χ2v) is 5.55. The van der Waals surface area contributed by atoms with E-state index in [1.807, 2.05) is 12.1 Å². The zero-order chi connectivity index (χ0) is 16.4. The van der Waals surface area contributed by atoms with E-state index < -0.39 is 0 Å². The number of carbonyl (C=O) groups excluding carboxylic acids is 1. The van der Waals surface area contributed by atoms with Crippen LogP contribution in [0.5, 0.6) is 0 Å². The number of aromatic nitrogens is 4. The second kappa shape index (κ2) is 6.21. The maximum atomic E-state index is 12.2. The van der Waals surface area contributed by atoms with Crippen molar-refractivity contribution in [2.24, 2.45) is 0 Å². The summed E-state index contributed by atoms with van der Waals surface area (Å²) in [5.74, 6) is 0.511. The van der Waals surface area contributed by atoms with Crippen molar-refractivity contribution in [2.75, 3.05) is 13.6 Å². The van der Waals surface area contributed by atoms with Crippen molar-refractivity contribution in [1.29, 1.82) is 0 Å². The largest absolute Gasteiger partial charge is 0.342 e. The quantitative estimate of drug-likeness (QED) is 0.759. The molecule has 2 heterocycles. The van der Waals surface area contributed by atoms with Crippen LogP contribution in [0, 0.1) is 0 Å². The number of H-pyrrole nitrogens is 2. The molecule has 0 saturated carbocycles. The Kier molecular flexibility index (Phi) is 4.12. The normalized spacial score (nSPS) is 10.9. The molecule has 3 rings (SSSR count). The minimum Gasteiger partial charge on any atom is -0.342 e. The number of halogens is 1. The molecule has 0 unspecified atom stereocenters. The lowest BCUT2D eigenvalue weighted by molar-refractivity contribution is 0.0790. The smallest absolute Gasteiger partial charge is 0.273 e. The van der Waals surface area contributed by atoms with Gasteiger partial charge in [-0.1, -0.05) is 11.6 Å². The molecule has 0 aliphatic carbocycles. The Hall–Kier alpha value is -2.67. The minimum absolute atomic E-state index is 0.198. The monoisotopic (exact) mass is 331 g/mol. The van der Waals surface area contributed by atoms with E-state index in [0.29, 0.717) is 18.0 Å². The van der Waals surface area contributed by atoms with Gasteiger partial charge in [0, 0.05) is 31.2 Å². The van der Waals surface area contributed by atoms with Gasteiger partial charge in [-0.05, 0) is 18.2 Å². The highest BCUT2D eigenvalue weighted by molar-refractivity contribution is 6.31. The number of benzene rings is 1. The molecule has 0 spiro atoms. The number of imidazole rings is 1. The van der Waals surface area contributed by atoms with E-state index in [2.05, 4.69) is 19.9 Å². The van der Waals surface area contributed by atoms with Crippen LogP contribution in [0.1, 0.15) is 16.3 Å². The number of fused-ring (bicyclic) bond motifs is 1. The van der Waals surface area contributed by atoms with E-state index in [1.54, 1.807) is 13.1 Å². The van der Waals surface area contributed by atoms with Gasteiger partial charge in [-0.25, -0.2) is 9.97 Å². The first-order valence-electron chi connectivity index (χ1n) is 6.97. The van der Waals surface area contributed by atoms with Gasteiger partial charge in [0.2, 0.25) is 0 Å². The Balaban J connectivity index is 1.67. The van der Waals surface area contributed by atoms with Crippen LogP contribution < -0.4 is 5.56 Å². The van der Waals surface area contributed by atoms with Crippen LogP contribution in [0.4, 0.5) is 0 Å². The summed E-state index contributed by atoms with van der Waals surface area (Å²) in [7, 11) is 1.68. The van der Waals surface area contributed by atoms with Crippen molar-refractivity contribution in [1.82, 2.24) is 24.8 Å². The van der Waals surface area contributed by atoms with Gasteiger partial charge in [-0.2, -0.15) is 0 Å². The molecule has 1 aromatic carbocycles. The fraction of sp³-hybridized carbons (Fsp3) is 0.200. The Morgan fingerprint density at radius 3 is 2.96 bits per heavy atom. The molecule has 23 heavy (non-hydrogen) atoms. The van der Waals surface area contributed by atoms with Crippen LogP contribution in [0.15, 0.2) is 35.4 Å². The van der Waals surface area contributed by atoms with Crippen molar-refractivity contribution in [3.8, 4) is 0 Å². The third kappa shape index (κ3) is 3.40. The van der Waals surface area contributed by atoms with Gasteiger partial charge in [-0.3, -0.25) is 9.59 Å². The summed E-state index contributed by atoms with van der Waals surface area (Å²) in [6.45, 7) is 0.465. The van der Waals surface area contributed by atoms with Crippen LogP contribution in [0.2, 0.25) is 5.02 Å². The summed E-state index contributed by atoms with van der Waals surface area (Å²) in [6, 6.07) is 5.44. The van der Waals surface area contributed by atoms with Gasteiger partial charge in [0.05, 0.1) is 17.2 Å². The first-order chi connectivity index (χ1) is 11.0. The maximum absolute atomic E-state index is 12.2. The molecule has 1 amide bonds. The average molecular weight is 332 g/mol. The number of nitrogens with one attached hydrogen (secondary N) is 2. The number of rotatable bonds is 4. The zero-order valence-corrected chi connectivity index (χ0v) is 13.1. The molecule has 118 valence electrons. The van der Waals surface area contributed by atoms with Crippen molar-refractivity contribution in [3.63, 3.8) is 0 Å². The number of hydrogen-bond donors (Lipinski definition) is 2. The van der Waals surface area contributed by atoms with Gasteiger partial charge in [0.25, 0.3) is 11.5 Å². The fourth-order valence-corrected chi connectivity index (χ4v) is 2.36. The van der Waals surface area contributed by atoms with Gasteiger partial charge in [0.1, 0.15) is 11.5 Å². The Morgan fingerprint density at radius 1 is 1.39 bits per heavy atom. The lowest BCUT2D eigenvalue weighted by Crippen LogP contribution is -2.30. The van der Waals surface area contributed by atoms with E-state index in [0.717, 1.165) is 23.1 Å². The van der Waals surface area contributed by atoms with Gasteiger partial charge < -0.3 is 14.9 Å². The molecule has 2 N–H and O–H groups in total. The zero-order valence-electron chi connectivity index (χ0n) is 12.3. The van der Waals surface area contributed by atoms with E-state index in [9.17, 15) is 9.59 Å². The van der Waals surface area contributed by atoms with Gasteiger partial charge in [0.15, 0.2) is 0 Å². The van der Waals surface area contributed by atoms with Crippen molar-refractivity contribution >= 4 is 28.5 Å². The van der Waals surface area contributed by atoms with E-state index in [1.165, 1.54) is 11.1 Å². The maximum Gasteiger partial charge on any atom is 0.273 e. The van der Waals surface area contributed by atoms with E-state index in [-0.39, 0.29) is 17.2 Å². The molecule has 7 nitrogen and oxygen atoms in total. The van der Waals surface area contributed by atoms with Crippen LogP contribution in [0.3, 0.4) is 0 Å². The summed E-state index contributed by atoms with van der Waals surface area (Å²) in [4.78, 5) is 38.6. The molecule has 2 aromatic heterocycles. The highest BCUT2D eigenvalue weighted by atomic mass is 35.5. The number of carbonyl (C=O) groups is 1. The molecule has 0 bridgehead atoms. The molecular weight excluding hydrogens is 318 g/mol. The number of nitrogens with zero attached hydrogens (tertiary/aromatic N) is 3. The Bertz CT molecular complexity index is 897. The second-order valence-electron chi connectivity index (χ2n) is 5.12. The third-order valence-electron chi connectivity index (χ3n) is 3.41. The number of amides is 1.